The van der Waals surface area contributed by atoms with E-state index in [0.717, 1.165) is 4.90 Å². The van der Waals surface area contributed by atoms with E-state index in [0.29, 0.717) is 12.5 Å². The quantitative estimate of drug-likeness (QED) is 0.726. The number of benzene rings is 2. The van der Waals surface area contributed by atoms with E-state index < -0.39 is 11.0 Å². The first kappa shape index (κ1) is 17.9. The average Bonchev–Trinajstić information content (AvgIpc) is 2.53. The number of hydrogen-bond donors (Lipinski definition) is 0. The van der Waals surface area contributed by atoms with Gasteiger partial charge in [0.1, 0.15) is 11.0 Å². The molecule has 0 amide bonds. The van der Waals surface area contributed by atoms with Crippen molar-refractivity contribution in [2.45, 2.75) is 58.0 Å². The molecule has 0 aliphatic rings. The fraction of sp³-hybridized carbons (Fsp3) is 0.400. The summed E-state index contributed by atoms with van der Waals surface area (Å²) in [5, 5.41) is 0. The summed E-state index contributed by atoms with van der Waals surface area (Å²) in [6.07, 6.45) is 0. The van der Waals surface area contributed by atoms with E-state index in [1.54, 1.807) is 0 Å². The topological polar surface area (TPSA) is 20.3 Å². The maximum atomic E-state index is 13.0. The summed E-state index contributed by atoms with van der Waals surface area (Å²) in [5.41, 5.74) is 3.75. The minimum Gasteiger partial charge on any atom is -0.237 e. The largest absolute Gasteiger partial charge is 0.237 e. The zero-order valence-electron chi connectivity index (χ0n) is 14.7. The molecule has 2 nitrogen and oxygen atoms in total. The van der Waals surface area contributed by atoms with Gasteiger partial charge in [-0.15, -0.1) is 0 Å². The number of rotatable bonds is 6. The Hall–Kier alpha value is -1.45. The molecule has 1 unspecified atom stereocenters. The maximum absolute atomic E-state index is 13.0. The highest BCUT2D eigenvalue weighted by atomic mass is 32.2. The van der Waals surface area contributed by atoms with E-state index in [-0.39, 0.29) is 6.04 Å². The van der Waals surface area contributed by atoms with Gasteiger partial charge in [0.2, 0.25) is 0 Å². The van der Waals surface area contributed by atoms with Crippen LogP contribution in [0.2, 0.25) is 0 Å². The van der Waals surface area contributed by atoms with Gasteiger partial charge >= 0.3 is 0 Å². The van der Waals surface area contributed by atoms with E-state index in [9.17, 15) is 4.21 Å². The Balaban J connectivity index is 2.23. The summed E-state index contributed by atoms with van der Waals surface area (Å²) >= 11 is 0. The molecule has 0 N–H and O–H groups in total. The molecule has 0 spiro atoms. The van der Waals surface area contributed by atoms with Crippen LogP contribution in [0, 0.1) is 6.92 Å². The molecule has 0 heterocycles. The van der Waals surface area contributed by atoms with Crippen molar-refractivity contribution in [3.05, 3.63) is 65.2 Å². The molecule has 0 fully saturated rings. The molecule has 124 valence electrons. The minimum absolute atomic E-state index is 0.209. The van der Waals surface area contributed by atoms with Gasteiger partial charge in [-0.05, 0) is 55.5 Å². The van der Waals surface area contributed by atoms with Crippen LogP contribution >= 0.6 is 0 Å². The summed E-state index contributed by atoms with van der Waals surface area (Å²) in [4.78, 5) is 0.872. The van der Waals surface area contributed by atoms with E-state index in [1.807, 2.05) is 28.6 Å². The lowest BCUT2D eigenvalue weighted by molar-refractivity contribution is 0.371. The van der Waals surface area contributed by atoms with Crippen LogP contribution in [0.1, 0.15) is 50.3 Å². The standard InChI is InChI=1S/C20H27NOS/c1-15(2)18-10-12-20(13-11-18)23(22)21(16(3)4)14-19-9-7-6-8-17(19)5/h6-13,15-16H,14H2,1-5H3. The lowest BCUT2D eigenvalue weighted by Gasteiger charge is -2.26. The Labute approximate surface area is 143 Å². The Morgan fingerprint density at radius 1 is 0.957 bits per heavy atom. The van der Waals surface area contributed by atoms with E-state index in [2.05, 4.69) is 58.9 Å². The van der Waals surface area contributed by atoms with Crippen LogP contribution in [0.3, 0.4) is 0 Å². The van der Waals surface area contributed by atoms with Gasteiger partial charge in [0, 0.05) is 12.6 Å². The molecule has 0 radical (unpaired) electrons. The zero-order valence-corrected chi connectivity index (χ0v) is 15.6. The monoisotopic (exact) mass is 329 g/mol. The molecule has 2 aromatic carbocycles. The van der Waals surface area contributed by atoms with Gasteiger partial charge in [-0.1, -0.05) is 50.2 Å². The molecular formula is C20H27NOS. The van der Waals surface area contributed by atoms with Crippen molar-refractivity contribution in [1.29, 1.82) is 0 Å². The molecule has 0 aromatic heterocycles. The zero-order chi connectivity index (χ0) is 17.0. The fourth-order valence-corrected chi connectivity index (χ4v) is 3.77. The molecule has 0 saturated carbocycles. The first-order chi connectivity index (χ1) is 10.9. The van der Waals surface area contributed by atoms with Crippen LogP contribution in [0.25, 0.3) is 0 Å². The highest BCUT2D eigenvalue weighted by molar-refractivity contribution is 7.82. The second-order valence-electron chi connectivity index (χ2n) is 6.57. The van der Waals surface area contributed by atoms with Crippen LogP contribution in [0.4, 0.5) is 0 Å². The molecule has 3 heteroatoms. The smallest absolute Gasteiger partial charge is 0.128 e. The van der Waals surface area contributed by atoms with Crippen LogP contribution in [-0.2, 0) is 17.5 Å². The number of hydrogen-bond acceptors (Lipinski definition) is 1. The Kier molecular flexibility index (Phi) is 6.14. The molecule has 0 aliphatic heterocycles. The van der Waals surface area contributed by atoms with Crippen molar-refractivity contribution in [2.75, 3.05) is 0 Å². The van der Waals surface area contributed by atoms with Crippen molar-refractivity contribution >= 4 is 11.0 Å². The van der Waals surface area contributed by atoms with Crippen LogP contribution in [0.5, 0.6) is 0 Å². The second kappa shape index (κ2) is 7.89. The van der Waals surface area contributed by atoms with Gasteiger partial charge in [-0.25, -0.2) is 8.51 Å². The first-order valence-electron chi connectivity index (χ1n) is 8.23. The summed E-state index contributed by atoms with van der Waals surface area (Å²) in [6, 6.07) is 16.7. The van der Waals surface area contributed by atoms with Gasteiger partial charge in [0.15, 0.2) is 0 Å². The number of aryl methyl sites for hydroxylation is 1. The van der Waals surface area contributed by atoms with Gasteiger partial charge in [-0.3, -0.25) is 0 Å². The third-order valence-electron chi connectivity index (χ3n) is 4.12. The molecule has 23 heavy (non-hydrogen) atoms. The molecule has 2 aromatic rings. The van der Waals surface area contributed by atoms with Crippen LogP contribution < -0.4 is 0 Å². The number of nitrogens with zero attached hydrogens (tertiary/aromatic N) is 1. The van der Waals surface area contributed by atoms with Crippen molar-refractivity contribution in [2.24, 2.45) is 0 Å². The van der Waals surface area contributed by atoms with E-state index in [1.165, 1.54) is 16.7 Å². The fourth-order valence-electron chi connectivity index (χ4n) is 2.49. The second-order valence-corrected chi connectivity index (χ2v) is 8.01. The van der Waals surface area contributed by atoms with Crippen molar-refractivity contribution < 1.29 is 4.21 Å². The third-order valence-corrected chi connectivity index (χ3v) is 5.78. The molecule has 1 atom stereocenters. The van der Waals surface area contributed by atoms with Crippen molar-refractivity contribution in [3.63, 3.8) is 0 Å². The summed E-state index contributed by atoms with van der Waals surface area (Å²) in [5.74, 6) is 0.491. The van der Waals surface area contributed by atoms with Gasteiger partial charge in [0.25, 0.3) is 0 Å². The highest BCUT2D eigenvalue weighted by Gasteiger charge is 2.19. The lowest BCUT2D eigenvalue weighted by atomic mass is 10.0. The third kappa shape index (κ3) is 4.52. The summed E-state index contributed by atoms with van der Waals surface area (Å²) < 4.78 is 15.1. The summed E-state index contributed by atoms with van der Waals surface area (Å²) in [6.45, 7) is 11.3. The predicted octanol–water partition coefficient (Wildman–Crippen LogP) is 5.05. The Bertz CT molecular complexity index is 662. The lowest BCUT2D eigenvalue weighted by Crippen LogP contribution is -2.32. The van der Waals surface area contributed by atoms with Crippen LogP contribution in [0.15, 0.2) is 53.4 Å². The highest BCUT2D eigenvalue weighted by Crippen LogP contribution is 2.21. The molecule has 0 aliphatic carbocycles. The van der Waals surface area contributed by atoms with Gasteiger partial charge in [-0.2, -0.15) is 0 Å². The van der Waals surface area contributed by atoms with Crippen LogP contribution in [-0.4, -0.2) is 14.6 Å². The van der Waals surface area contributed by atoms with E-state index in [4.69, 9.17) is 0 Å². The SMILES string of the molecule is Cc1ccccc1CN(C(C)C)S(=O)c1ccc(C(C)C)cc1. The molecular weight excluding hydrogens is 302 g/mol. The summed E-state index contributed by atoms with van der Waals surface area (Å²) in [7, 11) is -1.15. The molecule has 2 rings (SSSR count). The van der Waals surface area contributed by atoms with Crippen molar-refractivity contribution in [3.8, 4) is 0 Å². The molecule has 0 bridgehead atoms. The maximum Gasteiger partial charge on any atom is 0.128 e. The van der Waals surface area contributed by atoms with Crippen molar-refractivity contribution in [1.82, 2.24) is 4.31 Å². The minimum atomic E-state index is -1.15. The van der Waals surface area contributed by atoms with Gasteiger partial charge < -0.3 is 0 Å². The van der Waals surface area contributed by atoms with E-state index >= 15 is 0 Å². The molecule has 0 saturated heterocycles. The Morgan fingerprint density at radius 3 is 2.09 bits per heavy atom. The first-order valence-corrected chi connectivity index (χ1v) is 9.33. The normalized spacial score (nSPS) is 13.0. The average molecular weight is 330 g/mol. The van der Waals surface area contributed by atoms with Gasteiger partial charge in [0.05, 0.1) is 4.90 Å². The Morgan fingerprint density at radius 2 is 1.57 bits per heavy atom. The predicted molar refractivity (Wildman–Crippen MR) is 98.8 cm³/mol.